The Labute approximate surface area is 80.9 Å². The number of hydrogen-bond donors (Lipinski definition) is 2. The van der Waals surface area contributed by atoms with Gasteiger partial charge < -0.3 is 15.7 Å². The van der Waals surface area contributed by atoms with Crippen molar-refractivity contribution in [2.75, 3.05) is 26.2 Å². The van der Waals surface area contributed by atoms with Gasteiger partial charge in [0.2, 0.25) is 0 Å². The van der Waals surface area contributed by atoms with Crippen LogP contribution in [0.3, 0.4) is 0 Å². The lowest BCUT2D eigenvalue weighted by molar-refractivity contribution is 0.147. The number of nitrogens with zero attached hydrogens (tertiary/aromatic N) is 1. The second-order valence-corrected chi connectivity index (χ2v) is 4.01. The monoisotopic (exact) mass is 186 g/mol. The third-order valence-corrected chi connectivity index (χ3v) is 2.71. The quantitative estimate of drug-likeness (QED) is 0.606. The molecule has 0 spiro atoms. The fraction of sp³-hybridized carbons (Fsp3) is 1.00. The number of aliphatic hydroxyl groups is 1. The van der Waals surface area contributed by atoms with E-state index in [0.717, 1.165) is 25.4 Å². The molecule has 1 aliphatic rings. The zero-order valence-corrected chi connectivity index (χ0v) is 8.58. The highest BCUT2D eigenvalue weighted by molar-refractivity contribution is 4.77. The van der Waals surface area contributed by atoms with E-state index < -0.39 is 0 Å². The lowest BCUT2D eigenvalue weighted by Gasteiger charge is -2.21. The molecule has 13 heavy (non-hydrogen) atoms. The molecule has 3 heteroatoms. The zero-order valence-electron chi connectivity index (χ0n) is 8.58. The molecule has 1 unspecified atom stereocenters. The normalized spacial score (nSPS) is 19.4. The van der Waals surface area contributed by atoms with Crippen LogP contribution < -0.4 is 5.73 Å². The fourth-order valence-corrected chi connectivity index (χ4v) is 1.49. The van der Waals surface area contributed by atoms with Crippen LogP contribution in [0.4, 0.5) is 0 Å². The maximum absolute atomic E-state index is 9.30. The van der Waals surface area contributed by atoms with Gasteiger partial charge in [-0.3, -0.25) is 0 Å². The summed E-state index contributed by atoms with van der Waals surface area (Å²) in [4.78, 5) is 2.41. The minimum atomic E-state index is -0.312. The molecule has 3 nitrogen and oxygen atoms in total. The molecule has 3 N–H and O–H groups in total. The van der Waals surface area contributed by atoms with E-state index in [4.69, 9.17) is 5.73 Å². The van der Waals surface area contributed by atoms with E-state index in [2.05, 4.69) is 11.8 Å². The molecule has 1 aliphatic carbocycles. The summed E-state index contributed by atoms with van der Waals surface area (Å²) in [6, 6.07) is 0. The molecule has 1 atom stereocenters. The van der Waals surface area contributed by atoms with Crippen molar-refractivity contribution >= 4 is 0 Å². The van der Waals surface area contributed by atoms with Crippen molar-refractivity contribution in [1.82, 2.24) is 4.90 Å². The van der Waals surface area contributed by atoms with Crippen molar-refractivity contribution in [3.63, 3.8) is 0 Å². The van der Waals surface area contributed by atoms with E-state index in [-0.39, 0.29) is 6.10 Å². The summed E-state index contributed by atoms with van der Waals surface area (Å²) in [7, 11) is 0. The van der Waals surface area contributed by atoms with Crippen LogP contribution >= 0.6 is 0 Å². The Morgan fingerprint density at radius 2 is 2.23 bits per heavy atom. The van der Waals surface area contributed by atoms with Crippen LogP contribution in [-0.2, 0) is 0 Å². The van der Waals surface area contributed by atoms with Gasteiger partial charge in [-0.25, -0.2) is 0 Å². The number of aliphatic hydroxyl groups excluding tert-OH is 1. The van der Waals surface area contributed by atoms with Gasteiger partial charge in [-0.15, -0.1) is 0 Å². The van der Waals surface area contributed by atoms with Gasteiger partial charge in [-0.2, -0.15) is 0 Å². The third-order valence-electron chi connectivity index (χ3n) is 2.71. The van der Waals surface area contributed by atoms with Crippen LogP contribution in [0.15, 0.2) is 0 Å². The molecule has 1 fully saturated rings. The smallest absolute Gasteiger partial charge is 0.0674 e. The van der Waals surface area contributed by atoms with Gasteiger partial charge in [0.05, 0.1) is 6.10 Å². The van der Waals surface area contributed by atoms with Crippen molar-refractivity contribution in [3.05, 3.63) is 0 Å². The molecule has 78 valence electrons. The molecule has 1 rings (SSSR count). The highest BCUT2D eigenvalue weighted by atomic mass is 16.3. The minimum absolute atomic E-state index is 0.312. The molecule has 0 bridgehead atoms. The number of rotatable bonds is 7. The third kappa shape index (κ3) is 4.60. The Hall–Kier alpha value is -0.120. The summed E-state index contributed by atoms with van der Waals surface area (Å²) >= 11 is 0. The molecule has 1 saturated carbocycles. The topological polar surface area (TPSA) is 49.5 Å². The van der Waals surface area contributed by atoms with Crippen LogP contribution in [0.2, 0.25) is 0 Å². The first-order chi connectivity index (χ1) is 6.26. The second-order valence-electron chi connectivity index (χ2n) is 4.01. The Balaban J connectivity index is 2.07. The van der Waals surface area contributed by atoms with Gasteiger partial charge in [-0.05, 0) is 31.7 Å². The first-order valence-electron chi connectivity index (χ1n) is 5.36. The summed E-state index contributed by atoms with van der Waals surface area (Å²) in [5, 5.41) is 9.30. The summed E-state index contributed by atoms with van der Waals surface area (Å²) in [5.74, 6) is 0.940. The van der Waals surface area contributed by atoms with Gasteiger partial charge in [-0.1, -0.05) is 6.92 Å². The predicted octanol–water partition coefficient (Wildman–Crippen LogP) is 0.428. The molecule has 0 saturated heterocycles. The largest absolute Gasteiger partial charge is 0.392 e. The van der Waals surface area contributed by atoms with E-state index in [1.54, 1.807) is 0 Å². The van der Waals surface area contributed by atoms with Crippen molar-refractivity contribution < 1.29 is 5.11 Å². The lowest BCUT2D eigenvalue weighted by Crippen LogP contribution is -2.31. The van der Waals surface area contributed by atoms with Gasteiger partial charge in [0.1, 0.15) is 0 Å². The minimum Gasteiger partial charge on any atom is -0.392 e. The Bertz CT molecular complexity index is 137. The second kappa shape index (κ2) is 5.58. The molecular formula is C10H22N2O. The molecule has 0 aromatic heterocycles. The zero-order chi connectivity index (χ0) is 9.68. The summed E-state index contributed by atoms with van der Waals surface area (Å²) < 4.78 is 0. The fourth-order valence-electron chi connectivity index (χ4n) is 1.49. The molecular weight excluding hydrogens is 164 g/mol. The molecule has 0 radical (unpaired) electrons. The van der Waals surface area contributed by atoms with Crippen LogP contribution in [-0.4, -0.2) is 42.3 Å². The van der Waals surface area contributed by atoms with E-state index in [1.165, 1.54) is 19.4 Å². The average Bonchev–Trinajstić information content (AvgIpc) is 2.95. The Morgan fingerprint density at radius 3 is 2.69 bits per heavy atom. The Kier molecular flexibility index (Phi) is 4.70. The molecule has 0 aromatic rings. The highest BCUT2D eigenvalue weighted by Gasteiger charge is 2.23. The molecule has 0 aromatic carbocycles. The maximum atomic E-state index is 9.30. The number of hydrogen-bond acceptors (Lipinski definition) is 3. The van der Waals surface area contributed by atoms with Crippen LogP contribution in [0.5, 0.6) is 0 Å². The van der Waals surface area contributed by atoms with Crippen molar-refractivity contribution in [2.24, 2.45) is 11.7 Å². The van der Waals surface area contributed by atoms with Gasteiger partial charge >= 0.3 is 0 Å². The molecule has 0 heterocycles. The van der Waals surface area contributed by atoms with Gasteiger partial charge in [0, 0.05) is 19.6 Å². The van der Waals surface area contributed by atoms with Crippen molar-refractivity contribution in [3.8, 4) is 0 Å². The number of nitrogens with two attached hydrogens (primary N) is 1. The summed E-state index contributed by atoms with van der Waals surface area (Å²) in [6.07, 6.45) is 3.30. The van der Waals surface area contributed by atoms with Crippen LogP contribution in [0, 0.1) is 5.92 Å². The SMILES string of the molecule is CCN(CCC(O)CN)CC1CC1. The summed E-state index contributed by atoms with van der Waals surface area (Å²) in [6.45, 7) is 5.87. The maximum Gasteiger partial charge on any atom is 0.0674 e. The van der Waals surface area contributed by atoms with E-state index in [1.807, 2.05) is 0 Å². The first-order valence-corrected chi connectivity index (χ1v) is 5.36. The van der Waals surface area contributed by atoms with Gasteiger partial charge in [0.15, 0.2) is 0 Å². The first kappa shape index (κ1) is 11.0. The predicted molar refractivity (Wildman–Crippen MR) is 54.5 cm³/mol. The van der Waals surface area contributed by atoms with Crippen molar-refractivity contribution in [2.45, 2.75) is 32.3 Å². The standard InChI is InChI=1S/C10H22N2O/c1-2-12(8-9-3-4-9)6-5-10(13)7-11/h9-10,13H,2-8,11H2,1H3. The molecule has 0 amide bonds. The van der Waals surface area contributed by atoms with E-state index in [9.17, 15) is 5.11 Å². The Morgan fingerprint density at radius 1 is 1.54 bits per heavy atom. The van der Waals surface area contributed by atoms with Crippen LogP contribution in [0.25, 0.3) is 0 Å². The van der Waals surface area contributed by atoms with Crippen LogP contribution in [0.1, 0.15) is 26.2 Å². The molecule has 0 aliphatic heterocycles. The van der Waals surface area contributed by atoms with E-state index in [0.29, 0.717) is 6.54 Å². The van der Waals surface area contributed by atoms with Crippen molar-refractivity contribution in [1.29, 1.82) is 0 Å². The van der Waals surface area contributed by atoms with E-state index >= 15 is 0 Å². The summed E-state index contributed by atoms with van der Waals surface area (Å²) in [5.41, 5.74) is 5.34. The lowest BCUT2D eigenvalue weighted by atomic mass is 10.2. The van der Waals surface area contributed by atoms with Gasteiger partial charge in [0.25, 0.3) is 0 Å². The highest BCUT2D eigenvalue weighted by Crippen LogP contribution is 2.29. The average molecular weight is 186 g/mol.